The molecule has 0 fully saturated rings. The van der Waals surface area contributed by atoms with Crippen molar-refractivity contribution in [3.8, 4) is 0 Å². The number of carbonyl (C=O) groups excluding carboxylic acids is 2. The molecule has 86 valence electrons. The minimum absolute atomic E-state index is 0.274. The van der Waals surface area contributed by atoms with Gasteiger partial charge in [-0.25, -0.2) is 0 Å². The van der Waals surface area contributed by atoms with Crippen LogP contribution in [-0.4, -0.2) is 35.9 Å². The summed E-state index contributed by atoms with van der Waals surface area (Å²) in [6.45, 7) is 8.08. The lowest BCUT2D eigenvalue weighted by Crippen LogP contribution is -2.50. The molecule has 0 aliphatic rings. The van der Waals surface area contributed by atoms with Crippen LogP contribution in [-0.2, 0) is 23.2 Å². The lowest BCUT2D eigenvalue weighted by atomic mass is 10.8. The molecule has 0 bridgehead atoms. The van der Waals surface area contributed by atoms with Crippen LogP contribution in [0.2, 0.25) is 19.6 Å². The van der Waals surface area contributed by atoms with Gasteiger partial charge in [0.25, 0.3) is 14.2 Å². The van der Waals surface area contributed by atoms with E-state index in [1.165, 1.54) is 13.8 Å². The Bertz CT molecular complexity index is 225. The van der Waals surface area contributed by atoms with E-state index in [1.54, 1.807) is 0 Å². The van der Waals surface area contributed by atoms with E-state index in [2.05, 4.69) is 0 Å². The minimum atomic E-state index is -2.33. The highest BCUT2D eigenvalue weighted by Gasteiger charge is 2.39. The summed E-state index contributed by atoms with van der Waals surface area (Å²) in [7, 11) is -2.06. The molecule has 5 nitrogen and oxygen atoms in total. The van der Waals surface area contributed by atoms with Crippen molar-refractivity contribution < 1.29 is 23.2 Å². The van der Waals surface area contributed by atoms with Gasteiger partial charge < -0.3 is 13.6 Å². The van der Waals surface area contributed by atoms with Crippen molar-refractivity contribution >= 4 is 30.0 Å². The molecule has 0 amide bonds. The predicted molar refractivity (Wildman–Crippen MR) is 57.5 cm³/mol. The third kappa shape index (κ3) is 5.70. The summed E-state index contributed by atoms with van der Waals surface area (Å²) in [5, 5.41) is 0. The van der Waals surface area contributed by atoms with Gasteiger partial charge in [-0.2, -0.15) is 0 Å². The van der Waals surface area contributed by atoms with E-state index >= 15 is 0 Å². The lowest BCUT2D eigenvalue weighted by Gasteiger charge is -2.29. The zero-order chi connectivity index (χ0) is 12.1. The fourth-order valence-electron chi connectivity index (χ4n) is 0.921. The Morgan fingerprint density at radius 3 is 1.80 bits per heavy atom. The quantitative estimate of drug-likeness (QED) is 0.410. The molecule has 15 heavy (non-hydrogen) atoms. The monoisotopic (exact) mass is 248 g/mol. The molecule has 7 heteroatoms. The molecule has 0 spiro atoms. The zero-order valence-electron chi connectivity index (χ0n) is 9.62. The number of esters is 2. The molecule has 0 saturated carbocycles. The molecule has 0 aliphatic heterocycles. The number of hydrogen-bond donors (Lipinski definition) is 0. The van der Waals surface area contributed by atoms with Crippen LogP contribution in [0.15, 0.2) is 0 Å². The third-order valence-corrected chi connectivity index (χ3v) is 5.77. The van der Waals surface area contributed by atoms with Crippen molar-refractivity contribution in [2.45, 2.75) is 39.4 Å². The molecule has 0 atom stereocenters. The molecule has 0 aromatic carbocycles. The second-order valence-corrected chi connectivity index (χ2v) is 8.36. The molecule has 0 saturated heterocycles. The van der Waals surface area contributed by atoms with Gasteiger partial charge in [0.2, 0.25) is 9.76 Å². The van der Waals surface area contributed by atoms with E-state index < -0.39 is 26.2 Å². The average molecular weight is 248 g/mol. The number of rotatable bonds is 5. The maximum absolute atomic E-state index is 10.8. The van der Waals surface area contributed by atoms with Crippen molar-refractivity contribution in [2.24, 2.45) is 0 Å². The fraction of sp³-hybridized carbons (Fsp3) is 0.750. The number of hydrogen-bond acceptors (Lipinski definition) is 5. The van der Waals surface area contributed by atoms with E-state index in [-0.39, 0.29) is 9.76 Å². The van der Waals surface area contributed by atoms with E-state index in [4.69, 9.17) is 13.6 Å². The number of ether oxygens (including phenoxy) is 2. The first-order chi connectivity index (χ1) is 6.79. The largest absolute Gasteiger partial charge is 0.451 e. The van der Waals surface area contributed by atoms with Crippen LogP contribution in [0.3, 0.4) is 0 Å². The molecule has 0 N–H and O–H groups in total. The van der Waals surface area contributed by atoms with Gasteiger partial charge in [0.1, 0.15) is 0 Å². The highest BCUT2D eigenvalue weighted by molar-refractivity contribution is 6.76. The van der Waals surface area contributed by atoms with Crippen molar-refractivity contribution in [2.75, 3.05) is 0 Å². The van der Waals surface area contributed by atoms with E-state index in [1.807, 2.05) is 19.6 Å². The van der Waals surface area contributed by atoms with E-state index in [0.29, 0.717) is 0 Å². The van der Waals surface area contributed by atoms with E-state index in [9.17, 15) is 9.59 Å². The first-order valence-electron chi connectivity index (χ1n) is 4.48. The Kier molecular flexibility index (Phi) is 5.77. The molecule has 0 unspecified atom stereocenters. The second kappa shape index (κ2) is 6.03. The molecular formula is C8H16O5Si2. The third-order valence-electron chi connectivity index (χ3n) is 1.48. The zero-order valence-corrected chi connectivity index (χ0v) is 11.6. The van der Waals surface area contributed by atoms with Gasteiger partial charge in [-0.1, -0.05) is 0 Å². The maximum Gasteiger partial charge on any atom is 0.305 e. The highest BCUT2D eigenvalue weighted by Crippen LogP contribution is 2.15. The maximum atomic E-state index is 10.8. The molecule has 0 aromatic rings. The van der Waals surface area contributed by atoms with Crippen molar-refractivity contribution in [3.63, 3.8) is 0 Å². The lowest BCUT2D eigenvalue weighted by molar-refractivity contribution is -0.173. The topological polar surface area (TPSA) is 61.8 Å². The second-order valence-electron chi connectivity index (χ2n) is 3.46. The molecule has 0 aliphatic carbocycles. The van der Waals surface area contributed by atoms with Crippen LogP contribution in [0.25, 0.3) is 0 Å². The molecule has 0 heterocycles. The molecular weight excluding hydrogens is 232 g/mol. The van der Waals surface area contributed by atoms with Crippen LogP contribution >= 0.6 is 0 Å². The molecule has 0 aromatic heterocycles. The summed E-state index contributed by atoms with van der Waals surface area (Å²) in [5.41, 5.74) is 0. The Hall–Kier alpha value is -0.666. The SMILES string of the molecule is C[Si]O[Si](C)(C)C(OC(C)=O)OC(C)=O. The van der Waals surface area contributed by atoms with Gasteiger partial charge in [0.15, 0.2) is 0 Å². The smallest absolute Gasteiger partial charge is 0.305 e. The molecule has 0 rings (SSSR count). The van der Waals surface area contributed by atoms with Gasteiger partial charge in [0, 0.05) is 13.8 Å². The van der Waals surface area contributed by atoms with Gasteiger partial charge in [-0.05, 0) is 19.6 Å². The Labute approximate surface area is 93.2 Å². The molecule has 2 radical (unpaired) electrons. The normalized spacial score (nSPS) is 11.3. The summed E-state index contributed by atoms with van der Waals surface area (Å²) >= 11 is 0. The van der Waals surface area contributed by atoms with Gasteiger partial charge in [0.05, 0.1) is 0 Å². The van der Waals surface area contributed by atoms with Gasteiger partial charge in [-0.3, -0.25) is 9.59 Å². The summed E-state index contributed by atoms with van der Waals surface area (Å²) in [6, 6.07) is 0. The standard InChI is InChI=1S/C8H16O5Si2/c1-6(9)11-8(12-7(2)10)15(4,5)13-14-3/h8H,1-5H3. The van der Waals surface area contributed by atoms with Gasteiger partial charge >= 0.3 is 11.9 Å². The summed E-state index contributed by atoms with van der Waals surface area (Å²) < 4.78 is 15.4. The predicted octanol–water partition coefficient (Wildman–Crippen LogP) is 0.867. The summed E-state index contributed by atoms with van der Waals surface area (Å²) in [5.74, 6) is -1.84. The van der Waals surface area contributed by atoms with Crippen molar-refractivity contribution in [1.29, 1.82) is 0 Å². The fourth-order valence-corrected chi connectivity index (χ4v) is 4.31. The minimum Gasteiger partial charge on any atom is -0.451 e. The number of carbonyl (C=O) groups is 2. The van der Waals surface area contributed by atoms with Crippen LogP contribution in [0.1, 0.15) is 13.8 Å². The Morgan fingerprint density at radius 2 is 1.53 bits per heavy atom. The first kappa shape index (κ1) is 14.3. The first-order valence-corrected chi connectivity index (χ1v) is 8.88. The Morgan fingerprint density at radius 1 is 1.13 bits per heavy atom. The summed E-state index contributed by atoms with van der Waals surface area (Å²) in [6.07, 6.45) is 0. The van der Waals surface area contributed by atoms with Crippen molar-refractivity contribution in [3.05, 3.63) is 0 Å². The average Bonchev–Trinajstić information content (AvgIpc) is 2.00. The van der Waals surface area contributed by atoms with Gasteiger partial charge in [-0.15, -0.1) is 0 Å². The van der Waals surface area contributed by atoms with Crippen LogP contribution in [0, 0.1) is 0 Å². The van der Waals surface area contributed by atoms with Crippen LogP contribution in [0.5, 0.6) is 0 Å². The summed E-state index contributed by atoms with van der Waals surface area (Å²) in [4.78, 5) is 21.7. The van der Waals surface area contributed by atoms with E-state index in [0.717, 1.165) is 0 Å². The van der Waals surface area contributed by atoms with Crippen LogP contribution < -0.4 is 0 Å². The van der Waals surface area contributed by atoms with Crippen LogP contribution in [0.4, 0.5) is 0 Å². The Balaban J connectivity index is 4.59. The van der Waals surface area contributed by atoms with Crippen molar-refractivity contribution in [1.82, 2.24) is 0 Å². The highest BCUT2D eigenvalue weighted by atomic mass is 28.4.